The van der Waals surface area contributed by atoms with Crippen molar-refractivity contribution in [1.82, 2.24) is 35.7 Å². The maximum atomic E-state index is 14.1. The third-order valence-corrected chi connectivity index (χ3v) is 9.57. The molecule has 48 heavy (non-hydrogen) atoms. The molecule has 4 rings (SSSR count). The number of halogens is 1. The molecular formula is C37H53FN8O2. The molecule has 2 aliphatic rings. The predicted octanol–water partition coefficient (Wildman–Crippen LogP) is 5.95. The fourth-order valence-electron chi connectivity index (χ4n) is 6.62. The number of allylic oxidation sites excluding steroid dienone is 3. The molecule has 2 unspecified atom stereocenters. The third-order valence-electron chi connectivity index (χ3n) is 9.57. The summed E-state index contributed by atoms with van der Waals surface area (Å²) >= 11 is 0. The van der Waals surface area contributed by atoms with Crippen molar-refractivity contribution in [2.24, 2.45) is 0 Å². The molecular weight excluding hydrogens is 607 g/mol. The summed E-state index contributed by atoms with van der Waals surface area (Å²) in [6.45, 7) is 18.3. The Morgan fingerprint density at radius 1 is 1.21 bits per heavy atom. The highest BCUT2D eigenvalue weighted by Crippen LogP contribution is 2.45. The Balaban J connectivity index is 0.000000348. The Labute approximate surface area is 285 Å². The van der Waals surface area contributed by atoms with Gasteiger partial charge in [0.25, 0.3) is 0 Å². The van der Waals surface area contributed by atoms with Crippen LogP contribution in [0.3, 0.4) is 0 Å². The number of benzene rings is 1. The van der Waals surface area contributed by atoms with Crippen molar-refractivity contribution in [1.29, 1.82) is 5.26 Å². The summed E-state index contributed by atoms with van der Waals surface area (Å²) in [5, 5.41) is 27.6. The number of amides is 2. The van der Waals surface area contributed by atoms with Crippen molar-refractivity contribution in [3.63, 3.8) is 0 Å². The number of aromatic amines is 1. The van der Waals surface area contributed by atoms with E-state index in [-0.39, 0.29) is 24.2 Å². The first kappa shape index (κ1) is 38.3. The number of aryl methyl sites for hydroxylation is 1. The number of nitriles is 1. The van der Waals surface area contributed by atoms with E-state index in [1.807, 2.05) is 17.9 Å². The van der Waals surface area contributed by atoms with Gasteiger partial charge in [0.15, 0.2) is 5.82 Å². The molecule has 260 valence electrons. The summed E-state index contributed by atoms with van der Waals surface area (Å²) in [5.41, 5.74) is 4.37. The normalized spacial score (nSPS) is 18.5. The quantitative estimate of drug-likeness (QED) is 0.163. The van der Waals surface area contributed by atoms with E-state index in [0.29, 0.717) is 31.8 Å². The number of carbonyl (C=O) groups is 2. The van der Waals surface area contributed by atoms with Gasteiger partial charge in [-0.25, -0.2) is 4.39 Å². The summed E-state index contributed by atoms with van der Waals surface area (Å²) in [7, 11) is 0. The van der Waals surface area contributed by atoms with Gasteiger partial charge in [0.1, 0.15) is 11.9 Å². The van der Waals surface area contributed by atoms with E-state index >= 15 is 0 Å². The van der Waals surface area contributed by atoms with E-state index in [1.54, 1.807) is 24.0 Å². The van der Waals surface area contributed by atoms with Gasteiger partial charge >= 0.3 is 0 Å². The number of rotatable bonds is 12. The smallest absolute Gasteiger partial charge is 0.237 e. The van der Waals surface area contributed by atoms with Crippen LogP contribution in [0.25, 0.3) is 0 Å². The van der Waals surface area contributed by atoms with Crippen molar-refractivity contribution in [2.45, 2.75) is 103 Å². The molecule has 10 nitrogen and oxygen atoms in total. The maximum Gasteiger partial charge on any atom is 0.237 e. The molecule has 1 aromatic heterocycles. The van der Waals surface area contributed by atoms with Crippen molar-refractivity contribution < 1.29 is 14.0 Å². The molecule has 0 bridgehead atoms. The fourth-order valence-corrected chi connectivity index (χ4v) is 6.62. The number of H-pyrrole nitrogens is 1. The van der Waals surface area contributed by atoms with Crippen LogP contribution in [0.4, 0.5) is 4.39 Å². The highest BCUT2D eigenvalue weighted by Gasteiger charge is 2.43. The molecule has 11 heteroatoms. The molecule has 0 saturated carbocycles. The number of nitrogens with one attached hydrogen (secondary N) is 2. The minimum atomic E-state index is -0.685. The van der Waals surface area contributed by atoms with Crippen LogP contribution >= 0.6 is 0 Å². The lowest BCUT2D eigenvalue weighted by Gasteiger charge is -2.34. The second-order valence-corrected chi connectivity index (χ2v) is 12.9. The number of hydrogen-bond donors (Lipinski definition) is 2. The van der Waals surface area contributed by atoms with E-state index in [9.17, 15) is 19.2 Å². The SMILES string of the molecule is C=CC(=C)CC(=O)N1CCCCCCC1.CCCN(C(=O)CNCCC1(c2nn[nH]n2)C(C)=C(C)CCc2cc(F)ccc21)C(C)C#N. The highest BCUT2D eigenvalue weighted by molar-refractivity contribution is 5.79. The Bertz CT molecular complexity index is 1460. The fraction of sp³-hybridized carbons (Fsp3) is 0.568. The van der Waals surface area contributed by atoms with Crippen LogP contribution in [0.5, 0.6) is 0 Å². The predicted molar refractivity (Wildman–Crippen MR) is 186 cm³/mol. The van der Waals surface area contributed by atoms with Crippen LogP contribution in [0.1, 0.15) is 102 Å². The highest BCUT2D eigenvalue weighted by atomic mass is 19.1. The second kappa shape index (κ2) is 19.0. The molecule has 1 aliphatic heterocycles. The van der Waals surface area contributed by atoms with Gasteiger partial charge in [0.05, 0.1) is 24.4 Å². The lowest BCUT2D eigenvalue weighted by atomic mass is 9.69. The summed E-state index contributed by atoms with van der Waals surface area (Å²) in [4.78, 5) is 28.1. The third kappa shape index (κ3) is 9.92. The van der Waals surface area contributed by atoms with Gasteiger partial charge in [-0.05, 0) is 94.7 Å². The van der Waals surface area contributed by atoms with Crippen LogP contribution < -0.4 is 5.32 Å². The minimum absolute atomic E-state index is 0.105. The second-order valence-electron chi connectivity index (χ2n) is 12.9. The summed E-state index contributed by atoms with van der Waals surface area (Å²) in [6.07, 6.45) is 11.1. The summed E-state index contributed by atoms with van der Waals surface area (Å²) in [6, 6.07) is 6.57. The lowest BCUT2D eigenvalue weighted by Crippen LogP contribution is -2.44. The number of nitrogens with zero attached hydrogens (tertiary/aromatic N) is 6. The Morgan fingerprint density at radius 2 is 1.92 bits per heavy atom. The molecule has 2 atom stereocenters. The zero-order valence-electron chi connectivity index (χ0n) is 29.3. The standard InChI is InChI=1S/C24H32FN7O.C13H21NO/c1-5-12-32(17(3)14-26)22(33)15-27-11-10-24(23-28-30-31-29-23)18(4)16(2)6-7-19-13-20(25)8-9-21(19)24;1-3-12(2)11-13(15)14-9-7-5-4-6-8-10-14/h8-9,13,17,27H,5-7,10-12,15H2,1-4H3,(H,28,29,30,31);3H,1-2,4-11H2. The average molecular weight is 661 g/mol. The number of tetrazole rings is 1. The van der Waals surface area contributed by atoms with Crippen molar-refractivity contribution in [2.75, 3.05) is 32.7 Å². The first-order valence-corrected chi connectivity index (χ1v) is 17.3. The van der Waals surface area contributed by atoms with Crippen LogP contribution in [-0.2, 0) is 21.4 Å². The number of fused-ring (bicyclic) bond motifs is 1. The molecule has 1 aliphatic carbocycles. The summed E-state index contributed by atoms with van der Waals surface area (Å²) in [5.74, 6) is 0.375. The van der Waals surface area contributed by atoms with Gasteiger partial charge in [-0.2, -0.15) is 10.5 Å². The first-order chi connectivity index (χ1) is 23.1. The largest absolute Gasteiger partial charge is 0.342 e. The van der Waals surface area contributed by atoms with Crippen LogP contribution in [0.15, 0.2) is 54.2 Å². The number of carbonyl (C=O) groups excluding carboxylic acids is 2. The topological polar surface area (TPSA) is 131 Å². The molecule has 2 aromatic rings. The van der Waals surface area contributed by atoms with E-state index in [2.05, 4.69) is 59.0 Å². The Kier molecular flexibility index (Phi) is 15.1. The van der Waals surface area contributed by atoms with Crippen molar-refractivity contribution in [3.8, 4) is 6.07 Å². The molecule has 0 radical (unpaired) electrons. The zero-order valence-corrected chi connectivity index (χ0v) is 29.3. The van der Waals surface area contributed by atoms with E-state index in [4.69, 9.17) is 0 Å². The van der Waals surface area contributed by atoms with Gasteiger partial charge in [-0.3, -0.25) is 9.59 Å². The number of hydrogen-bond acceptors (Lipinski definition) is 7. The Morgan fingerprint density at radius 3 is 2.54 bits per heavy atom. The average Bonchev–Trinajstić information content (AvgIpc) is 3.58. The molecule has 0 spiro atoms. The molecule has 1 fully saturated rings. The van der Waals surface area contributed by atoms with Crippen LogP contribution in [0, 0.1) is 17.1 Å². The van der Waals surface area contributed by atoms with Gasteiger partial charge in [-0.15, -0.1) is 10.2 Å². The molecule has 2 N–H and O–H groups in total. The molecule has 2 amide bonds. The van der Waals surface area contributed by atoms with E-state index in [0.717, 1.165) is 67.5 Å². The zero-order chi connectivity index (χ0) is 35.1. The maximum absolute atomic E-state index is 14.1. The molecule has 1 aromatic carbocycles. The summed E-state index contributed by atoms with van der Waals surface area (Å²) < 4.78 is 14.1. The first-order valence-electron chi connectivity index (χ1n) is 17.3. The number of aromatic nitrogens is 4. The van der Waals surface area contributed by atoms with Gasteiger partial charge in [0.2, 0.25) is 11.8 Å². The number of likely N-dealkylation sites (tertiary alicyclic amines) is 1. The Hall–Kier alpha value is -4.17. The molecule has 1 saturated heterocycles. The van der Waals surface area contributed by atoms with E-state index < -0.39 is 11.5 Å². The van der Waals surface area contributed by atoms with E-state index in [1.165, 1.54) is 30.9 Å². The van der Waals surface area contributed by atoms with Gasteiger partial charge < -0.3 is 15.1 Å². The van der Waals surface area contributed by atoms with Crippen LogP contribution in [0.2, 0.25) is 0 Å². The minimum Gasteiger partial charge on any atom is -0.342 e. The monoisotopic (exact) mass is 660 g/mol. The van der Waals surface area contributed by atoms with Crippen molar-refractivity contribution in [3.05, 3.63) is 76.9 Å². The van der Waals surface area contributed by atoms with Crippen LogP contribution in [-0.4, -0.2) is 81.0 Å². The van der Waals surface area contributed by atoms with Crippen molar-refractivity contribution >= 4 is 11.8 Å². The van der Waals surface area contributed by atoms with Gasteiger partial charge in [0, 0.05) is 19.6 Å². The lowest BCUT2D eigenvalue weighted by molar-refractivity contribution is -0.131. The molecule has 2 heterocycles. The van der Waals surface area contributed by atoms with Gasteiger partial charge in [-0.1, -0.05) is 67.8 Å².